The number of halogens is 2. The van der Waals surface area contributed by atoms with Crippen LogP contribution in [0.4, 0.5) is 8.78 Å². The number of benzene rings is 1. The average Bonchev–Trinajstić information content (AvgIpc) is 2.70. The number of hydrogen-bond donors (Lipinski definition) is 1. The van der Waals surface area contributed by atoms with Crippen LogP contribution in [0.2, 0.25) is 0 Å². The van der Waals surface area contributed by atoms with Crippen molar-refractivity contribution in [3.63, 3.8) is 0 Å². The molecule has 1 heterocycles. The van der Waals surface area contributed by atoms with Crippen molar-refractivity contribution < 1.29 is 23.1 Å². The van der Waals surface area contributed by atoms with Crippen molar-refractivity contribution >= 4 is 5.97 Å². The lowest BCUT2D eigenvalue weighted by molar-refractivity contribution is 0.0691. The zero-order chi connectivity index (χ0) is 11.7. The number of nitrogens with zero attached hydrogens (tertiary/aromatic N) is 1. The number of carboxylic acids is 1. The lowest BCUT2D eigenvalue weighted by Crippen LogP contribution is -1.99. The summed E-state index contributed by atoms with van der Waals surface area (Å²) in [5.41, 5.74) is -0.723. The molecule has 2 aromatic rings. The van der Waals surface area contributed by atoms with Gasteiger partial charge in [0.1, 0.15) is 11.6 Å². The highest BCUT2D eigenvalue weighted by atomic mass is 19.1. The summed E-state index contributed by atoms with van der Waals surface area (Å²) in [5.74, 6) is -3.14. The Morgan fingerprint density at radius 3 is 2.81 bits per heavy atom. The Balaban J connectivity index is 2.62. The first-order chi connectivity index (χ1) is 7.59. The predicted molar refractivity (Wildman–Crippen MR) is 48.8 cm³/mol. The third-order valence-corrected chi connectivity index (χ3v) is 1.94. The molecule has 82 valence electrons. The molecule has 0 spiro atoms. The Bertz CT molecular complexity index is 551. The molecule has 0 bridgehead atoms. The number of aromatic carboxylic acids is 1. The summed E-state index contributed by atoms with van der Waals surface area (Å²) >= 11 is 0. The Labute approximate surface area is 88.2 Å². The van der Waals surface area contributed by atoms with Crippen LogP contribution in [0.3, 0.4) is 0 Å². The van der Waals surface area contributed by atoms with Crippen LogP contribution < -0.4 is 0 Å². The second-order valence-corrected chi connectivity index (χ2v) is 2.96. The van der Waals surface area contributed by atoms with Crippen LogP contribution in [0, 0.1) is 11.6 Å². The molecule has 0 unspecified atom stereocenters. The molecular formula is C10H5F2NO3. The van der Waals surface area contributed by atoms with Gasteiger partial charge < -0.3 is 9.52 Å². The largest absolute Gasteiger partial charge is 0.476 e. The van der Waals surface area contributed by atoms with E-state index in [1.807, 2.05) is 0 Å². The highest BCUT2D eigenvalue weighted by Crippen LogP contribution is 2.26. The van der Waals surface area contributed by atoms with Crippen LogP contribution in [-0.2, 0) is 0 Å². The van der Waals surface area contributed by atoms with Crippen LogP contribution in [0.5, 0.6) is 0 Å². The SMILES string of the molecule is O=C(O)c1ncoc1-c1cc(F)ccc1F. The van der Waals surface area contributed by atoms with E-state index in [0.717, 1.165) is 24.6 Å². The molecule has 0 saturated heterocycles. The molecule has 6 heteroatoms. The minimum atomic E-state index is -1.37. The normalized spacial score (nSPS) is 10.4. The predicted octanol–water partition coefficient (Wildman–Crippen LogP) is 2.32. The fourth-order valence-electron chi connectivity index (χ4n) is 1.26. The second-order valence-electron chi connectivity index (χ2n) is 2.96. The monoisotopic (exact) mass is 225 g/mol. The van der Waals surface area contributed by atoms with Crippen LogP contribution in [-0.4, -0.2) is 16.1 Å². The van der Waals surface area contributed by atoms with Crippen molar-refractivity contribution in [3.05, 3.63) is 41.9 Å². The van der Waals surface area contributed by atoms with Crippen molar-refractivity contribution in [2.24, 2.45) is 0 Å². The van der Waals surface area contributed by atoms with E-state index < -0.39 is 23.3 Å². The van der Waals surface area contributed by atoms with Gasteiger partial charge in [0.25, 0.3) is 0 Å². The van der Waals surface area contributed by atoms with Gasteiger partial charge in [0.05, 0.1) is 5.56 Å². The van der Waals surface area contributed by atoms with Crippen LogP contribution in [0.25, 0.3) is 11.3 Å². The Kier molecular flexibility index (Phi) is 2.40. The van der Waals surface area contributed by atoms with E-state index in [0.29, 0.717) is 0 Å². The van der Waals surface area contributed by atoms with E-state index in [4.69, 9.17) is 9.52 Å². The molecule has 0 saturated carbocycles. The minimum Gasteiger partial charge on any atom is -0.476 e. The van der Waals surface area contributed by atoms with Gasteiger partial charge in [-0.3, -0.25) is 0 Å². The molecule has 0 atom stereocenters. The maximum Gasteiger partial charge on any atom is 0.358 e. The number of rotatable bonds is 2. The molecule has 1 aromatic heterocycles. The highest BCUT2D eigenvalue weighted by Gasteiger charge is 2.20. The fourth-order valence-corrected chi connectivity index (χ4v) is 1.26. The van der Waals surface area contributed by atoms with Crippen LogP contribution in [0.15, 0.2) is 29.0 Å². The van der Waals surface area contributed by atoms with Crippen molar-refractivity contribution in [2.45, 2.75) is 0 Å². The van der Waals surface area contributed by atoms with Gasteiger partial charge in [-0.25, -0.2) is 18.6 Å². The summed E-state index contributed by atoms with van der Waals surface area (Å²) < 4.78 is 31.0. The number of carbonyl (C=O) groups is 1. The molecule has 0 aliphatic rings. The first-order valence-corrected chi connectivity index (χ1v) is 4.22. The Morgan fingerprint density at radius 2 is 2.12 bits per heavy atom. The quantitative estimate of drug-likeness (QED) is 0.851. The number of hydrogen-bond acceptors (Lipinski definition) is 3. The number of carboxylic acid groups (broad SMARTS) is 1. The van der Waals surface area contributed by atoms with Crippen LogP contribution >= 0.6 is 0 Å². The lowest BCUT2D eigenvalue weighted by Gasteiger charge is -2.00. The fraction of sp³-hybridized carbons (Fsp3) is 0. The molecule has 1 aromatic carbocycles. The topological polar surface area (TPSA) is 63.3 Å². The van der Waals surface area contributed by atoms with E-state index in [-0.39, 0.29) is 11.3 Å². The van der Waals surface area contributed by atoms with Gasteiger partial charge in [0.15, 0.2) is 17.8 Å². The van der Waals surface area contributed by atoms with Crippen molar-refractivity contribution in [1.29, 1.82) is 0 Å². The van der Waals surface area contributed by atoms with Crippen molar-refractivity contribution in [2.75, 3.05) is 0 Å². The summed E-state index contributed by atoms with van der Waals surface area (Å²) in [6.07, 6.45) is 0.864. The van der Waals surface area contributed by atoms with Crippen molar-refractivity contribution in [1.82, 2.24) is 4.98 Å². The summed E-state index contributed by atoms with van der Waals surface area (Å²) in [7, 11) is 0. The van der Waals surface area contributed by atoms with Gasteiger partial charge in [-0.1, -0.05) is 0 Å². The van der Waals surface area contributed by atoms with Crippen molar-refractivity contribution in [3.8, 4) is 11.3 Å². The summed E-state index contributed by atoms with van der Waals surface area (Å²) in [5, 5.41) is 8.74. The smallest absolute Gasteiger partial charge is 0.358 e. The van der Waals surface area contributed by atoms with Gasteiger partial charge in [-0.15, -0.1) is 0 Å². The highest BCUT2D eigenvalue weighted by molar-refractivity contribution is 5.92. The Morgan fingerprint density at radius 1 is 1.38 bits per heavy atom. The van der Waals surface area contributed by atoms with E-state index in [9.17, 15) is 13.6 Å². The van der Waals surface area contributed by atoms with E-state index in [1.165, 1.54) is 0 Å². The average molecular weight is 225 g/mol. The van der Waals surface area contributed by atoms with Crippen LogP contribution in [0.1, 0.15) is 10.5 Å². The molecule has 2 rings (SSSR count). The minimum absolute atomic E-state index is 0.269. The summed E-state index contributed by atoms with van der Waals surface area (Å²) in [6.45, 7) is 0. The Hall–Kier alpha value is -2.24. The molecule has 1 N–H and O–H groups in total. The standard InChI is InChI=1S/C10H5F2NO3/c11-5-1-2-7(12)6(3-5)9-8(10(14)15)13-4-16-9/h1-4H,(H,14,15). The van der Waals surface area contributed by atoms with E-state index >= 15 is 0 Å². The third kappa shape index (κ3) is 1.65. The summed E-state index contributed by atoms with van der Waals surface area (Å²) in [6, 6.07) is 2.66. The molecule has 16 heavy (non-hydrogen) atoms. The molecule has 0 fully saturated rings. The zero-order valence-electron chi connectivity index (χ0n) is 7.78. The molecule has 0 radical (unpaired) electrons. The van der Waals surface area contributed by atoms with E-state index in [1.54, 1.807) is 0 Å². The van der Waals surface area contributed by atoms with E-state index in [2.05, 4.69) is 4.98 Å². The lowest BCUT2D eigenvalue weighted by atomic mass is 10.1. The second kappa shape index (κ2) is 3.73. The molecule has 4 nitrogen and oxygen atoms in total. The summed E-state index contributed by atoms with van der Waals surface area (Å²) in [4.78, 5) is 14.1. The van der Waals surface area contributed by atoms with Gasteiger partial charge in [-0.05, 0) is 18.2 Å². The van der Waals surface area contributed by atoms with Gasteiger partial charge >= 0.3 is 5.97 Å². The van der Waals surface area contributed by atoms with Gasteiger partial charge in [0.2, 0.25) is 0 Å². The number of aromatic nitrogens is 1. The molecular weight excluding hydrogens is 220 g/mol. The zero-order valence-corrected chi connectivity index (χ0v) is 7.78. The molecule has 0 amide bonds. The first kappa shape index (κ1) is 10.3. The van der Waals surface area contributed by atoms with Gasteiger partial charge in [0, 0.05) is 0 Å². The third-order valence-electron chi connectivity index (χ3n) is 1.94. The number of oxazole rings is 1. The van der Waals surface area contributed by atoms with Gasteiger partial charge in [-0.2, -0.15) is 0 Å². The maximum absolute atomic E-state index is 13.3. The maximum atomic E-state index is 13.3. The first-order valence-electron chi connectivity index (χ1n) is 4.22. The molecule has 0 aliphatic heterocycles. The molecule has 0 aliphatic carbocycles.